The maximum atomic E-state index is 12.9. The molecule has 3 N–H and O–H groups in total. The monoisotopic (exact) mass is 524 g/mol. The van der Waals surface area contributed by atoms with Crippen LogP contribution in [-0.2, 0) is 19.1 Å². The molecule has 2 unspecified atom stereocenters. The Labute approximate surface area is 222 Å². The number of alkyl carbamates (subject to hydrolysis) is 1. The normalized spacial score (nSPS) is 19.2. The molecule has 1 amide bonds. The average molecular weight is 525 g/mol. The Morgan fingerprint density at radius 3 is 2.29 bits per heavy atom. The number of nitrogens with zero attached hydrogens (tertiary/aromatic N) is 1. The predicted molar refractivity (Wildman–Crippen MR) is 141 cm³/mol. The molecule has 4 rings (SSSR count). The maximum Gasteiger partial charge on any atom is 0.407 e. The van der Waals surface area contributed by atoms with Crippen LogP contribution >= 0.6 is 0 Å². The Balaban J connectivity index is 1.43. The van der Waals surface area contributed by atoms with Gasteiger partial charge >= 0.3 is 18.0 Å². The minimum absolute atomic E-state index is 0.106. The summed E-state index contributed by atoms with van der Waals surface area (Å²) in [6, 6.07) is 13.5. The minimum atomic E-state index is -1.82. The zero-order valence-corrected chi connectivity index (χ0v) is 21.8. The van der Waals surface area contributed by atoms with Crippen LogP contribution in [0.15, 0.2) is 48.5 Å². The lowest BCUT2D eigenvalue weighted by Crippen LogP contribution is -2.60. The van der Waals surface area contributed by atoms with Gasteiger partial charge in [0.15, 0.2) is 6.10 Å². The van der Waals surface area contributed by atoms with Gasteiger partial charge in [-0.15, -0.1) is 0 Å². The SMILES string of the molecule is CCCCOC(=O)[C@@H]1CCCN1C(C(O)C(=O)O)[C@H](C)NC(=O)OCC1c2ccccc2-c2ccccc21. The lowest BCUT2D eigenvalue weighted by molar-refractivity contribution is -0.157. The van der Waals surface area contributed by atoms with Crippen LogP contribution in [0.25, 0.3) is 11.1 Å². The molecule has 2 aliphatic rings. The van der Waals surface area contributed by atoms with Gasteiger partial charge in [0.05, 0.1) is 12.6 Å². The number of aliphatic hydroxyl groups excluding tert-OH is 1. The highest BCUT2D eigenvalue weighted by Crippen LogP contribution is 2.44. The molecular weight excluding hydrogens is 488 g/mol. The quantitative estimate of drug-likeness (QED) is 0.301. The molecule has 0 spiro atoms. The molecule has 1 saturated heterocycles. The number of benzene rings is 2. The number of carbonyl (C=O) groups excluding carboxylic acids is 2. The lowest BCUT2D eigenvalue weighted by atomic mass is 9.98. The van der Waals surface area contributed by atoms with Crippen molar-refractivity contribution in [1.29, 1.82) is 0 Å². The van der Waals surface area contributed by atoms with E-state index in [4.69, 9.17) is 9.47 Å². The van der Waals surface area contributed by atoms with Gasteiger partial charge in [0.25, 0.3) is 0 Å². The van der Waals surface area contributed by atoms with E-state index in [0.29, 0.717) is 26.0 Å². The Bertz CT molecular complexity index is 1110. The van der Waals surface area contributed by atoms with Gasteiger partial charge in [-0.1, -0.05) is 61.9 Å². The highest BCUT2D eigenvalue weighted by Gasteiger charge is 2.44. The fourth-order valence-corrected chi connectivity index (χ4v) is 5.61. The Morgan fingerprint density at radius 1 is 1.05 bits per heavy atom. The number of ether oxygens (including phenoxy) is 2. The van der Waals surface area contributed by atoms with E-state index in [1.54, 1.807) is 11.8 Å². The van der Waals surface area contributed by atoms with Crippen molar-refractivity contribution in [1.82, 2.24) is 10.2 Å². The van der Waals surface area contributed by atoms with Gasteiger partial charge in [-0.3, -0.25) is 9.69 Å². The van der Waals surface area contributed by atoms with Gasteiger partial charge in [0.2, 0.25) is 0 Å². The first-order valence-electron chi connectivity index (χ1n) is 13.3. The molecule has 4 atom stereocenters. The molecule has 0 aromatic heterocycles. The third-order valence-electron chi connectivity index (χ3n) is 7.47. The summed E-state index contributed by atoms with van der Waals surface area (Å²) in [6.07, 6.45) is 0.216. The average Bonchev–Trinajstić information content (AvgIpc) is 3.51. The number of carboxylic acid groups (broad SMARTS) is 1. The molecule has 1 aliphatic heterocycles. The molecule has 0 radical (unpaired) electrons. The largest absolute Gasteiger partial charge is 0.479 e. The van der Waals surface area contributed by atoms with Gasteiger partial charge in [0, 0.05) is 12.0 Å². The summed E-state index contributed by atoms with van der Waals surface area (Å²) in [5, 5.41) is 22.9. The molecule has 2 aromatic carbocycles. The molecule has 0 bridgehead atoms. The summed E-state index contributed by atoms with van der Waals surface area (Å²) < 4.78 is 11.0. The molecule has 1 aliphatic carbocycles. The summed E-state index contributed by atoms with van der Waals surface area (Å²) in [6.45, 7) is 4.40. The van der Waals surface area contributed by atoms with Crippen molar-refractivity contribution in [3.8, 4) is 11.1 Å². The van der Waals surface area contributed by atoms with Crippen molar-refractivity contribution < 1.29 is 34.1 Å². The number of amides is 1. The van der Waals surface area contributed by atoms with Crippen molar-refractivity contribution in [2.75, 3.05) is 19.8 Å². The summed E-state index contributed by atoms with van der Waals surface area (Å²) in [4.78, 5) is 39.0. The maximum absolute atomic E-state index is 12.9. The minimum Gasteiger partial charge on any atom is -0.479 e. The molecule has 1 heterocycles. The zero-order chi connectivity index (χ0) is 27.2. The number of hydrogen-bond donors (Lipinski definition) is 3. The van der Waals surface area contributed by atoms with Gasteiger partial charge < -0.3 is 25.0 Å². The van der Waals surface area contributed by atoms with E-state index in [1.165, 1.54) is 0 Å². The number of unbranched alkanes of at least 4 members (excludes halogenated alkanes) is 1. The predicted octanol–water partition coefficient (Wildman–Crippen LogP) is 3.54. The highest BCUT2D eigenvalue weighted by atomic mass is 16.5. The molecule has 9 heteroatoms. The van der Waals surface area contributed by atoms with Gasteiger partial charge in [-0.2, -0.15) is 0 Å². The summed E-state index contributed by atoms with van der Waals surface area (Å²) >= 11 is 0. The molecular formula is C29H36N2O7. The number of aliphatic carboxylic acids is 1. The van der Waals surface area contributed by atoms with E-state index in [0.717, 1.165) is 35.1 Å². The smallest absolute Gasteiger partial charge is 0.407 e. The number of fused-ring (bicyclic) bond motifs is 3. The molecule has 1 fully saturated rings. The third-order valence-corrected chi connectivity index (χ3v) is 7.47. The second kappa shape index (κ2) is 12.4. The Morgan fingerprint density at radius 2 is 1.68 bits per heavy atom. The first-order valence-corrected chi connectivity index (χ1v) is 13.3. The number of carboxylic acids is 1. The molecule has 38 heavy (non-hydrogen) atoms. The Hall–Kier alpha value is -3.43. The second-order valence-electron chi connectivity index (χ2n) is 9.95. The van der Waals surface area contributed by atoms with Gasteiger partial charge in [-0.25, -0.2) is 9.59 Å². The van der Waals surface area contributed by atoms with E-state index in [9.17, 15) is 24.6 Å². The second-order valence-corrected chi connectivity index (χ2v) is 9.95. The highest BCUT2D eigenvalue weighted by molar-refractivity contribution is 5.79. The lowest BCUT2D eigenvalue weighted by Gasteiger charge is -2.37. The fraction of sp³-hybridized carbons (Fsp3) is 0.483. The van der Waals surface area contributed by atoms with E-state index >= 15 is 0 Å². The standard InChI is InChI=1S/C29H36N2O7/c1-3-4-16-37-28(35)24-14-9-15-31(24)25(26(32)27(33)34)18(2)30-29(36)38-17-23-21-12-7-5-10-19(21)20-11-6-8-13-22(20)23/h5-8,10-13,18,23-26,32H,3-4,9,14-17H2,1-2H3,(H,30,36)(H,33,34)/t18-,24-,25?,26?/m0/s1. The fourth-order valence-electron chi connectivity index (χ4n) is 5.61. The number of likely N-dealkylation sites (tertiary alicyclic amines) is 1. The number of carbonyl (C=O) groups is 3. The van der Waals surface area contributed by atoms with Crippen LogP contribution in [0.5, 0.6) is 0 Å². The van der Waals surface area contributed by atoms with Crippen molar-refractivity contribution in [2.24, 2.45) is 0 Å². The molecule has 2 aromatic rings. The molecule has 9 nitrogen and oxygen atoms in total. The van der Waals surface area contributed by atoms with E-state index in [1.807, 2.05) is 55.5 Å². The number of hydrogen-bond acceptors (Lipinski definition) is 7. The number of rotatable bonds is 11. The van der Waals surface area contributed by atoms with Crippen molar-refractivity contribution in [2.45, 2.75) is 69.7 Å². The zero-order valence-electron chi connectivity index (χ0n) is 21.8. The molecule has 0 saturated carbocycles. The molecule has 204 valence electrons. The van der Waals surface area contributed by atoms with Gasteiger partial charge in [-0.05, 0) is 55.0 Å². The van der Waals surface area contributed by atoms with E-state index < -0.39 is 42.3 Å². The first-order chi connectivity index (χ1) is 18.3. The summed E-state index contributed by atoms with van der Waals surface area (Å²) in [7, 11) is 0. The van der Waals surface area contributed by atoms with Crippen LogP contribution in [-0.4, -0.2) is 77.1 Å². The number of aliphatic hydroxyl groups is 1. The van der Waals surface area contributed by atoms with Crippen LogP contribution in [0.1, 0.15) is 56.6 Å². The third kappa shape index (κ3) is 5.84. The van der Waals surface area contributed by atoms with Crippen LogP contribution in [0.3, 0.4) is 0 Å². The summed E-state index contributed by atoms with van der Waals surface area (Å²) in [5.74, 6) is -1.99. The van der Waals surface area contributed by atoms with Crippen LogP contribution in [0.2, 0.25) is 0 Å². The van der Waals surface area contributed by atoms with E-state index in [2.05, 4.69) is 5.32 Å². The topological polar surface area (TPSA) is 125 Å². The van der Waals surface area contributed by atoms with Gasteiger partial charge in [0.1, 0.15) is 12.6 Å². The van der Waals surface area contributed by atoms with E-state index in [-0.39, 0.29) is 12.5 Å². The van der Waals surface area contributed by atoms with Crippen LogP contribution < -0.4 is 5.32 Å². The summed E-state index contributed by atoms with van der Waals surface area (Å²) in [5.41, 5.74) is 4.38. The Kier molecular flexibility index (Phi) is 9.01. The van der Waals surface area contributed by atoms with Crippen molar-refractivity contribution in [3.05, 3.63) is 59.7 Å². The van der Waals surface area contributed by atoms with Crippen LogP contribution in [0, 0.1) is 0 Å². The number of nitrogens with one attached hydrogen (secondary N) is 1. The number of esters is 1. The van der Waals surface area contributed by atoms with Crippen LogP contribution in [0.4, 0.5) is 4.79 Å². The van der Waals surface area contributed by atoms with Crippen molar-refractivity contribution in [3.63, 3.8) is 0 Å². The van der Waals surface area contributed by atoms with Crippen molar-refractivity contribution >= 4 is 18.0 Å². The first kappa shape index (κ1) is 27.6.